The molecule has 1 rings (SSSR count). The third kappa shape index (κ3) is 6.76. The standard InChI is InChI=1S/C16H24BrO5P/c1-4-9-16(18)22-15(13-10-7-8-11-14(13)17)12-23(19,20-5-2)21-6-3/h7-8,10-11,15H,4-6,9,12H2,1-3H3. The van der Waals surface area contributed by atoms with Crippen molar-refractivity contribution in [2.45, 2.75) is 39.7 Å². The van der Waals surface area contributed by atoms with Gasteiger partial charge >= 0.3 is 13.6 Å². The van der Waals surface area contributed by atoms with Gasteiger partial charge in [-0.15, -0.1) is 0 Å². The van der Waals surface area contributed by atoms with Crippen LogP contribution in [0.5, 0.6) is 0 Å². The molecule has 0 amide bonds. The van der Waals surface area contributed by atoms with Crippen LogP contribution < -0.4 is 0 Å². The first-order valence-electron chi connectivity index (χ1n) is 7.77. The Morgan fingerprint density at radius 2 is 1.78 bits per heavy atom. The van der Waals surface area contributed by atoms with Gasteiger partial charge in [0.15, 0.2) is 0 Å². The van der Waals surface area contributed by atoms with Gasteiger partial charge in [0.25, 0.3) is 0 Å². The lowest BCUT2D eigenvalue weighted by atomic mass is 10.1. The number of hydrogen-bond donors (Lipinski definition) is 0. The van der Waals surface area contributed by atoms with Gasteiger partial charge in [-0.1, -0.05) is 41.1 Å². The lowest BCUT2D eigenvalue weighted by molar-refractivity contribution is -0.148. The summed E-state index contributed by atoms with van der Waals surface area (Å²) < 4.78 is 29.8. The minimum absolute atomic E-state index is 0.00719. The maximum atomic E-state index is 12.8. The molecule has 0 aliphatic rings. The number of hydrogen-bond acceptors (Lipinski definition) is 5. The normalized spacial score (nSPS) is 12.9. The Morgan fingerprint density at radius 3 is 2.30 bits per heavy atom. The molecule has 130 valence electrons. The quantitative estimate of drug-likeness (QED) is 0.399. The van der Waals surface area contributed by atoms with Gasteiger partial charge in [0.1, 0.15) is 6.10 Å². The van der Waals surface area contributed by atoms with Crippen LogP contribution in [-0.4, -0.2) is 25.3 Å². The topological polar surface area (TPSA) is 61.8 Å². The highest BCUT2D eigenvalue weighted by Crippen LogP contribution is 2.52. The van der Waals surface area contributed by atoms with E-state index in [4.69, 9.17) is 13.8 Å². The minimum Gasteiger partial charge on any atom is -0.457 e. The zero-order valence-corrected chi connectivity index (χ0v) is 16.3. The lowest BCUT2D eigenvalue weighted by Crippen LogP contribution is -2.17. The SMILES string of the molecule is CCCC(=O)OC(CP(=O)(OCC)OCC)c1ccccc1Br. The molecule has 0 N–H and O–H groups in total. The second kappa shape index (κ2) is 10.2. The van der Waals surface area contributed by atoms with E-state index in [1.54, 1.807) is 13.8 Å². The van der Waals surface area contributed by atoms with Gasteiger partial charge in [-0.05, 0) is 26.3 Å². The summed E-state index contributed by atoms with van der Waals surface area (Å²) in [4.78, 5) is 11.9. The zero-order chi connectivity index (χ0) is 17.3. The zero-order valence-electron chi connectivity index (χ0n) is 13.8. The summed E-state index contributed by atoms with van der Waals surface area (Å²) in [6.45, 7) is 5.94. The van der Waals surface area contributed by atoms with Gasteiger partial charge in [0.05, 0.1) is 19.4 Å². The van der Waals surface area contributed by atoms with Gasteiger partial charge in [0, 0.05) is 16.5 Å². The van der Waals surface area contributed by atoms with Crippen molar-refractivity contribution in [3.8, 4) is 0 Å². The Kier molecular flexibility index (Phi) is 9.07. The highest BCUT2D eigenvalue weighted by Gasteiger charge is 2.32. The molecule has 0 aliphatic heterocycles. The van der Waals surface area contributed by atoms with Crippen LogP contribution in [0.2, 0.25) is 0 Å². The van der Waals surface area contributed by atoms with Crippen LogP contribution in [0.3, 0.4) is 0 Å². The van der Waals surface area contributed by atoms with E-state index in [2.05, 4.69) is 15.9 Å². The molecule has 1 atom stereocenters. The smallest absolute Gasteiger partial charge is 0.334 e. The van der Waals surface area contributed by atoms with Crippen LogP contribution in [0, 0.1) is 0 Å². The number of carbonyl (C=O) groups excluding carboxylic acids is 1. The molecule has 7 heteroatoms. The summed E-state index contributed by atoms with van der Waals surface area (Å²) in [7, 11) is -3.33. The molecule has 0 heterocycles. The van der Waals surface area contributed by atoms with Crippen molar-refractivity contribution in [1.29, 1.82) is 0 Å². The summed E-state index contributed by atoms with van der Waals surface area (Å²) >= 11 is 3.45. The van der Waals surface area contributed by atoms with E-state index in [0.29, 0.717) is 12.8 Å². The maximum absolute atomic E-state index is 12.8. The number of ether oxygens (including phenoxy) is 1. The van der Waals surface area contributed by atoms with Gasteiger partial charge in [-0.3, -0.25) is 9.36 Å². The summed E-state index contributed by atoms with van der Waals surface area (Å²) in [5, 5.41) is 0. The molecule has 5 nitrogen and oxygen atoms in total. The predicted octanol–water partition coefficient (Wildman–Crippen LogP) is 5.10. The number of carbonyl (C=O) groups is 1. The van der Waals surface area contributed by atoms with E-state index in [1.807, 2.05) is 31.2 Å². The fourth-order valence-corrected chi connectivity index (χ4v) is 4.39. The highest BCUT2D eigenvalue weighted by atomic mass is 79.9. The monoisotopic (exact) mass is 406 g/mol. The van der Waals surface area contributed by atoms with Crippen molar-refractivity contribution < 1.29 is 23.1 Å². The molecular formula is C16H24BrO5P. The van der Waals surface area contributed by atoms with E-state index in [0.717, 1.165) is 10.0 Å². The Bertz CT molecular complexity index is 539. The van der Waals surface area contributed by atoms with E-state index in [1.165, 1.54) is 0 Å². The Labute approximate surface area is 146 Å². The average Bonchev–Trinajstić information content (AvgIpc) is 2.47. The van der Waals surface area contributed by atoms with Crippen LogP contribution >= 0.6 is 23.5 Å². The van der Waals surface area contributed by atoms with Crippen molar-refractivity contribution >= 4 is 29.5 Å². The molecule has 0 spiro atoms. The fourth-order valence-electron chi connectivity index (χ4n) is 2.10. The first-order valence-corrected chi connectivity index (χ1v) is 10.3. The Morgan fingerprint density at radius 1 is 1.17 bits per heavy atom. The molecule has 1 unspecified atom stereocenters. The van der Waals surface area contributed by atoms with Crippen molar-refractivity contribution in [3.05, 3.63) is 34.3 Å². The molecular weight excluding hydrogens is 383 g/mol. The average molecular weight is 407 g/mol. The molecule has 0 saturated heterocycles. The third-order valence-electron chi connectivity index (χ3n) is 3.02. The molecule has 0 aliphatic carbocycles. The largest absolute Gasteiger partial charge is 0.457 e. The van der Waals surface area contributed by atoms with Gasteiger partial charge in [-0.2, -0.15) is 0 Å². The molecule has 0 fully saturated rings. The van der Waals surface area contributed by atoms with Crippen molar-refractivity contribution in [1.82, 2.24) is 0 Å². The van der Waals surface area contributed by atoms with Crippen LogP contribution in [0.25, 0.3) is 0 Å². The lowest BCUT2D eigenvalue weighted by Gasteiger charge is -2.24. The first kappa shape index (κ1) is 20.4. The Balaban J connectivity index is 3.06. The van der Waals surface area contributed by atoms with Crippen molar-refractivity contribution in [3.63, 3.8) is 0 Å². The van der Waals surface area contributed by atoms with Crippen molar-refractivity contribution in [2.75, 3.05) is 19.4 Å². The van der Waals surface area contributed by atoms with Gasteiger partial charge in [-0.25, -0.2) is 0 Å². The number of halogens is 1. The molecule has 23 heavy (non-hydrogen) atoms. The van der Waals surface area contributed by atoms with Crippen LogP contribution in [0.4, 0.5) is 0 Å². The highest BCUT2D eigenvalue weighted by molar-refractivity contribution is 9.10. The van der Waals surface area contributed by atoms with Crippen LogP contribution in [0.1, 0.15) is 45.3 Å². The molecule has 0 bridgehead atoms. The van der Waals surface area contributed by atoms with Crippen molar-refractivity contribution in [2.24, 2.45) is 0 Å². The van der Waals surface area contributed by atoms with Crippen LogP contribution in [-0.2, 0) is 23.1 Å². The second-order valence-corrected chi connectivity index (χ2v) is 7.84. The van der Waals surface area contributed by atoms with Gasteiger partial charge in [0.2, 0.25) is 0 Å². The van der Waals surface area contributed by atoms with Gasteiger partial charge < -0.3 is 13.8 Å². The second-order valence-electron chi connectivity index (χ2n) is 4.88. The molecule has 0 radical (unpaired) electrons. The minimum atomic E-state index is -3.33. The number of rotatable bonds is 10. The summed E-state index contributed by atoms with van der Waals surface area (Å²) in [6.07, 6.45) is 0.311. The van der Waals surface area contributed by atoms with E-state index in [-0.39, 0.29) is 25.3 Å². The summed E-state index contributed by atoms with van der Waals surface area (Å²) in [5.41, 5.74) is 0.747. The first-order chi connectivity index (χ1) is 11.0. The van der Waals surface area contributed by atoms with E-state index in [9.17, 15) is 9.36 Å². The summed E-state index contributed by atoms with van der Waals surface area (Å²) in [6, 6.07) is 7.38. The number of benzene rings is 1. The van der Waals surface area contributed by atoms with E-state index < -0.39 is 13.7 Å². The van der Waals surface area contributed by atoms with E-state index >= 15 is 0 Å². The predicted molar refractivity (Wildman–Crippen MR) is 93.6 cm³/mol. The third-order valence-corrected chi connectivity index (χ3v) is 5.83. The van der Waals surface area contributed by atoms with Crippen LogP contribution in [0.15, 0.2) is 28.7 Å². The summed E-state index contributed by atoms with van der Waals surface area (Å²) in [5.74, 6) is -0.326. The molecule has 0 saturated carbocycles. The molecule has 1 aromatic carbocycles. The molecule has 0 aromatic heterocycles. The maximum Gasteiger partial charge on any atom is 0.334 e. The molecule has 1 aromatic rings. The fraction of sp³-hybridized carbons (Fsp3) is 0.562. The number of esters is 1. The Hall–Kier alpha value is -0.680.